The molecule has 2 rings (SSSR count). The van der Waals surface area contributed by atoms with Crippen LogP contribution in [0.25, 0.3) is 0 Å². The highest BCUT2D eigenvalue weighted by atomic mass is 16.5. The van der Waals surface area contributed by atoms with Crippen molar-refractivity contribution in [3.63, 3.8) is 0 Å². The molecule has 0 aromatic carbocycles. The van der Waals surface area contributed by atoms with Crippen molar-refractivity contribution in [1.82, 2.24) is 5.43 Å². The van der Waals surface area contributed by atoms with Gasteiger partial charge in [-0.2, -0.15) is 0 Å². The minimum absolute atomic E-state index is 0.115. The molecule has 1 heterocycles. The summed E-state index contributed by atoms with van der Waals surface area (Å²) in [5, 5.41) is 0. The third-order valence-corrected chi connectivity index (χ3v) is 3.28. The number of hydrazine groups is 1. The molecule has 1 aliphatic heterocycles. The Morgan fingerprint density at radius 1 is 1.13 bits per heavy atom. The van der Waals surface area contributed by atoms with Crippen molar-refractivity contribution in [2.45, 2.75) is 57.1 Å². The molecule has 1 aliphatic carbocycles. The standard InChI is InChI=1S/C11H21N3O/c12-14-11(10-7-3-4-8-15-10)13-9-5-1-2-6-9/h9-10H,1-8,12H2,(H,13,14). The van der Waals surface area contributed by atoms with Gasteiger partial charge >= 0.3 is 0 Å². The molecule has 2 aliphatic rings. The summed E-state index contributed by atoms with van der Waals surface area (Å²) >= 11 is 0. The van der Waals surface area contributed by atoms with Gasteiger partial charge in [-0.05, 0) is 32.1 Å². The van der Waals surface area contributed by atoms with Gasteiger partial charge in [-0.15, -0.1) is 0 Å². The minimum Gasteiger partial charge on any atom is -0.370 e. The van der Waals surface area contributed by atoms with Crippen LogP contribution in [0.15, 0.2) is 4.99 Å². The number of ether oxygens (including phenoxy) is 1. The first-order valence-corrected chi connectivity index (χ1v) is 6.06. The maximum Gasteiger partial charge on any atom is 0.140 e. The number of nitrogens with one attached hydrogen (secondary N) is 1. The van der Waals surface area contributed by atoms with Crippen molar-refractivity contribution in [3.8, 4) is 0 Å². The van der Waals surface area contributed by atoms with Gasteiger partial charge in [-0.1, -0.05) is 12.8 Å². The van der Waals surface area contributed by atoms with Gasteiger partial charge in [0.25, 0.3) is 0 Å². The molecule has 2 fully saturated rings. The van der Waals surface area contributed by atoms with Crippen LogP contribution in [0.5, 0.6) is 0 Å². The lowest BCUT2D eigenvalue weighted by Crippen LogP contribution is -2.43. The summed E-state index contributed by atoms with van der Waals surface area (Å²) in [6, 6.07) is 0.474. The second-order valence-electron chi connectivity index (χ2n) is 4.45. The molecule has 0 spiro atoms. The second-order valence-corrected chi connectivity index (χ2v) is 4.45. The number of nitrogens with zero attached hydrogens (tertiary/aromatic N) is 1. The van der Waals surface area contributed by atoms with Gasteiger partial charge in [0.2, 0.25) is 0 Å². The highest BCUT2D eigenvalue weighted by molar-refractivity contribution is 5.86. The Hall–Kier alpha value is -0.610. The van der Waals surface area contributed by atoms with Crippen LogP contribution in [0.1, 0.15) is 44.9 Å². The predicted octanol–water partition coefficient (Wildman–Crippen LogP) is 1.36. The van der Waals surface area contributed by atoms with Gasteiger partial charge < -0.3 is 10.2 Å². The summed E-state index contributed by atoms with van der Waals surface area (Å²) in [7, 11) is 0. The van der Waals surface area contributed by atoms with Crippen molar-refractivity contribution in [2.24, 2.45) is 10.8 Å². The Bertz CT molecular complexity index is 218. The Morgan fingerprint density at radius 3 is 2.47 bits per heavy atom. The molecular formula is C11H21N3O. The van der Waals surface area contributed by atoms with E-state index in [1.807, 2.05) is 0 Å². The summed E-state index contributed by atoms with van der Waals surface area (Å²) in [6.07, 6.45) is 8.57. The monoisotopic (exact) mass is 211 g/mol. The number of aliphatic imine (C=N–C) groups is 1. The molecule has 1 atom stereocenters. The van der Waals surface area contributed by atoms with Crippen LogP contribution in [0.4, 0.5) is 0 Å². The Balaban J connectivity index is 1.94. The fourth-order valence-corrected chi connectivity index (χ4v) is 2.40. The SMILES string of the molecule is NNC(=NC1CCCC1)C1CCCCO1. The van der Waals surface area contributed by atoms with Crippen LogP contribution in [0.3, 0.4) is 0 Å². The van der Waals surface area contributed by atoms with Crippen molar-refractivity contribution < 1.29 is 4.74 Å². The molecule has 4 nitrogen and oxygen atoms in total. The highest BCUT2D eigenvalue weighted by Crippen LogP contribution is 2.22. The van der Waals surface area contributed by atoms with Crippen LogP contribution in [-0.4, -0.2) is 24.6 Å². The predicted molar refractivity (Wildman–Crippen MR) is 60.6 cm³/mol. The topological polar surface area (TPSA) is 59.6 Å². The summed E-state index contributed by atoms with van der Waals surface area (Å²) < 4.78 is 5.67. The van der Waals surface area contributed by atoms with E-state index in [2.05, 4.69) is 10.4 Å². The van der Waals surface area contributed by atoms with E-state index in [0.29, 0.717) is 6.04 Å². The third-order valence-electron chi connectivity index (χ3n) is 3.28. The number of nitrogens with two attached hydrogens (primary N) is 1. The van der Waals surface area contributed by atoms with Gasteiger partial charge in [0.05, 0.1) is 6.04 Å². The zero-order valence-electron chi connectivity index (χ0n) is 9.24. The molecule has 1 saturated heterocycles. The molecule has 0 amide bonds. The summed E-state index contributed by atoms with van der Waals surface area (Å²) in [5.74, 6) is 6.38. The third kappa shape index (κ3) is 2.92. The zero-order valence-corrected chi connectivity index (χ0v) is 9.24. The van der Waals surface area contributed by atoms with E-state index in [4.69, 9.17) is 10.6 Å². The fourth-order valence-electron chi connectivity index (χ4n) is 2.40. The average molecular weight is 211 g/mol. The highest BCUT2D eigenvalue weighted by Gasteiger charge is 2.22. The van der Waals surface area contributed by atoms with E-state index >= 15 is 0 Å². The number of amidine groups is 1. The molecule has 0 aromatic heterocycles. The molecule has 86 valence electrons. The van der Waals surface area contributed by atoms with Gasteiger partial charge in [0, 0.05) is 6.61 Å². The normalized spacial score (nSPS) is 29.4. The van der Waals surface area contributed by atoms with Crippen molar-refractivity contribution in [2.75, 3.05) is 6.61 Å². The van der Waals surface area contributed by atoms with E-state index in [1.54, 1.807) is 0 Å². The molecule has 3 N–H and O–H groups in total. The van der Waals surface area contributed by atoms with E-state index in [1.165, 1.54) is 32.1 Å². The summed E-state index contributed by atoms with van der Waals surface area (Å²) in [5.41, 5.74) is 2.72. The van der Waals surface area contributed by atoms with Crippen LogP contribution >= 0.6 is 0 Å². The first-order valence-electron chi connectivity index (χ1n) is 6.06. The Morgan fingerprint density at radius 2 is 1.87 bits per heavy atom. The van der Waals surface area contributed by atoms with Crippen molar-refractivity contribution >= 4 is 5.84 Å². The lowest BCUT2D eigenvalue weighted by atomic mass is 10.1. The van der Waals surface area contributed by atoms with Crippen molar-refractivity contribution in [3.05, 3.63) is 0 Å². The summed E-state index contributed by atoms with van der Waals surface area (Å²) in [4.78, 5) is 4.67. The number of rotatable bonds is 2. The van der Waals surface area contributed by atoms with Gasteiger partial charge in [0.1, 0.15) is 11.9 Å². The largest absolute Gasteiger partial charge is 0.370 e. The maximum atomic E-state index is 5.67. The van der Waals surface area contributed by atoms with E-state index < -0.39 is 0 Å². The first-order chi connectivity index (χ1) is 7.40. The molecule has 4 heteroatoms. The Labute approximate surface area is 91.2 Å². The minimum atomic E-state index is 0.115. The number of hydrogen-bond donors (Lipinski definition) is 2. The van der Waals surface area contributed by atoms with Crippen LogP contribution in [0, 0.1) is 0 Å². The average Bonchev–Trinajstić information content (AvgIpc) is 2.80. The van der Waals surface area contributed by atoms with Gasteiger partial charge in [0.15, 0.2) is 0 Å². The van der Waals surface area contributed by atoms with Crippen LogP contribution < -0.4 is 11.3 Å². The lowest BCUT2D eigenvalue weighted by Gasteiger charge is -2.24. The quantitative estimate of drug-likeness (QED) is 0.314. The molecule has 15 heavy (non-hydrogen) atoms. The second kappa shape index (κ2) is 5.47. The van der Waals surface area contributed by atoms with Crippen LogP contribution in [0.2, 0.25) is 0 Å². The molecule has 1 saturated carbocycles. The molecule has 0 bridgehead atoms. The number of hydrogen-bond acceptors (Lipinski definition) is 3. The van der Waals surface area contributed by atoms with Crippen molar-refractivity contribution in [1.29, 1.82) is 0 Å². The Kier molecular flexibility index (Phi) is 3.97. The lowest BCUT2D eigenvalue weighted by molar-refractivity contribution is 0.0562. The molecule has 1 unspecified atom stereocenters. The smallest absolute Gasteiger partial charge is 0.140 e. The molecule has 0 aromatic rings. The molecular weight excluding hydrogens is 190 g/mol. The van der Waals surface area contributed by atoms with Gasteiger partial charge in [-0.25, -0.2) is 5.84 Å². The van der Waals surface area contributed by atoms with Crippen LogP contribution in [-0.2, 0) is 4.74 Å². The van der Waals surface area contributed by atoms with E-state index in [0.717, 1.165) is 25.3 Å². The van der Waals surface area contributed by atoms with Gasteiger partial charge in [-0.3, -0.25) is 4.99 Å². The van der Waals surface area contributed by atoms with E-state index in [9.17, 15) is 0 Å². The molecule has 0 radical (unpaired) electrons. The summed E-state index contributed by atoms with van der Waals surface area (Å²) in [6.45, 7) is 0.843. The van der Waals surface area contributed by atoms with E-state index in [-0.39, 0.29) is 6.10 Å². The fraction of sp³-hybridized carbons (Fsp3) is 0.909. The maximum absolute atomic E-state index is 5.67. The first kappa shape index (κ1) is 10.9. The zero-order chi connectivity index (χ0) is 10.5.